The van der Waals surface area contributed by atoms with E-state index in [9.17, 15) is 13.9 Å². The highest BCUT2D eigenvalue weighted by atomic mass is 32.3. The molecule has 1 saturated heterocycles. The molecule has 0 saturated carbocycles. The molecule has 8 heteroatoms. The van der Waals surface area contributed by atoms with Gasteiger partial charge in [-0.15, -0.1) is 10.8 Å². The molecule has 1 unspecified atom stereocenters. The predicted molar refractivity (Wildman–Crippen MR) is 94.5 cm³/mol. The van der Waals surface area contributed by atoms with Crippen molar-refractivity contribution in [2.24, 2.45) is 0 Å². The van der Waals surface area contributed by atoms with Gasteiger partial charge in [0.1, 0.15) is 16.4 Å². The van der Waals surface area contributed by atoms with Crippen LogP contribution in [0.4, 0.5) is 5.69 Å². The van der Waals surface area contributed by atoms with E-state index < -0.39 is 16.7 Å². The van der Waals surface area contributed by atoms with E-state index in [-0.39, 0.29) is 11.7 Å². The first-order valence-corrected chi connectivity index (χ1v) is 9.46. The molecule has 4 rings (SSSR count). The van der Waals surface area contributed by atoms with Crippen molar-refractivity contribution in [1.82, 2.24) is 4.72 Å². The third-order valence-electron chi connectivity index (χ3n) is 4.42. The van der Waals surface area contributed by atoms with Gasteiger partial charge < -0.3 is 14.7 Å². The smallest absolute Gasteiger partial charge is 0.335 e. The lowest BCUT2D eigenvalue weighted by molar-refractivity contribution is 0.0696. The fourth-order valence-electron chi connectivity index (χ4n) is 3.28. The van der Waals surface area contributed by atoms with Crippen molar-refractivity contribution < 1.29 is 23.7 Å². The molecule has 2 aliphatic heterocycles. The van der Waals surface area contributed by atoms with Gasteiger partial charge in [0.15, 0.2) is 0 Å². The van der Waals surface area contributed by atoms with Gasteiger partial charge in [0, 0.05) is 12.6 Å². The summed E-state index contributed by atoms with van der Waals surface area (Å²) in [4.78, 5) is 13.6. The highest BCUT2D eigenvalue weighted by Crippen LogP contribution is 2.55. The molecular formula is C17H18N2O5S. The van der Waals surface area contributed by atoms with Gasteiger partial charge >= 0.3 is 5.97 Å². The molecule has 0 radical (unpaired) electrons. The van der Waals surface area contributed by atoms with Crippen LogP contribution in [0.5, 0.6) is 11.5 Å². The zero-order valence-electron chi connectivity index (χ0n) is 13.3. The standard InChI is InChI=1S/C17H18N2O5S/c20-17(21)11-3-1-4-12(9-11)24-13-6-7-14-15(10-13)25(22,23)18-16-5-2-8-19(14)16/h1,3-4,6-7,9-10,16,18,22-23H,2,5,8H2,(H,20,21). The molecule has 4 N–H and O–H groups in total. The summed E-state index contributed by atoms with van der Waals surface area (Å²) < 4.78 is 29.5. The van der Waals surface area contributed by atoms with Crippen LogP contribution in [0, 0.1) is 0 Å². The zero-order valence-corrected chi connectivity index (χ0v) is 14.1. The van der Waals surface area contributed by atoms with Gasteiger partial charge in [-0.1, -0.05) is 6.07 Å². The number of rotatable bonds is 3. The van der Waals surface area contributed by atoms with E-state index in [1.54, 1.807) is 24.3 Å². The molecule has 2 aromatic carbocycles. The average Bonchev–Trinajstić information content (AvgIpc) is 3.02. The van der Waals surface area contributed by atoms with Gasteiger partial charge in [0.25, 0.3) is 0 Å². The largest absolute Gasteiger partial charge is 0.478 e. The Kier molecular flexibility index (Phi) is 3.84. The van der Waals surface area contributed by atoms with Crippen molar-refractivity contribution in [2.75, 3.05) is 11.4 Å². The lowest BCUT2D eigenvalue weighted by atomic mass is 10.2. The van der Waals surface area contributed by atoms with Crippen LogP contribution in [0.15, 0.2) is 47.4 Å². The maximum atomic E-state index is 11.1. The van der Waals surface area contributed by atoms with Gasteiger partial charge in [0.2, 0.25) is 0 Å². The minimum atomic E-state index is -3.10. The first-order valence-electron chi connectivity index (χ1n) is 7.91. The summed E-state index contributed by atoms with van der Waals surface area (Å²) in [5.74, 6) is -0.241. The van der Waals surface area contributed by atoms with Gasteiger partial charge in [-0.25, -0.2) is 4.79 Å². The molecule has 0 amide bonds. The van der Waals surface area contributed by atoms with Gasteiger partial charge in [0.05, 0.1) is 17.4 Å². The maximum Gasteiger partial charge on any atom is 0.335 e. The monoisotopic (exact) mass is 362 g/mol. The van der Waals surface area contributed by atoms with E-state index in [0.29, 0.717) is 16.4 Å². The number of aromatic carboxylic acids is 1. The molecule has 25 heavy (non-hydrogen) atoms. The van der Waals surface area contributed by atoms with Crippen molar-refractivity contribution >= 4 is 22.4 Å². The Labute approximate surface area is 146 Å². The number of nitrogens with one attached hydrogen (secondary N) is 1. The van der Waals surface area contributed by atoms with Gasteiger partial charge in [-0.3, -0.25) is 9.11 Å². The van der Waals surface area contributed by atoms with Crippen LogP contribution in [0.1, 0.15) is 23.2 Å². The van der Waals surface area contributed by atoms with Gasteiger partial charge in [-0.05, 0) is 43.2 Å². The first-order chi connectivity index (χ1) is 11.9. The third kappa shape index (κ3) is 2.93. The van der Waals surface area contributed by atoms with Crippen LogP contribution in [0.2, 0.25) is 0 Å². The molecule has 7 nitrogen and oxygen atoms in total. The third-order valence-corrected chi connectivity index (χ3v) is 5.96. The van der Waals surface area contributed by atoms with Crippen LogP contribution in [-0.4, -0.2) is 32.9 Å². The Morgan fingerprint density at radius 3 is 2.80 bits per heavy atom. The molecule has 1 atom stereocenters. The minimum absolute atomic E-state index is 0.0588. The van der Waals surface area contributed by atoms with E-state index in [2.05, 4.69) is 9.62 Å². The van der Waals surface area contributed by atoms with E-state index in [1.807, 2.05) is 6.07 Å². The number of benzene rings is 2. The van der Waals surface area contributed by atoms with Crippen LogP contribution in [-0.2, 0) is 0 Å². The fourth-order valence-corrected chi connectivity index (χ4v) is 4.79. The summed E-state index contributed by atoms with van der Waals surface area (Å²) in [6.45, 7) is 0.862. The average molecular weight is 362 g/mol. The van der Waals surface area contributed by atoms with E-state index in [1.165, 1.54) is 12.1 Å². The maximum absolute atomic E-state index is 11.1. The first kappa shape index (κ1) is 16.2. The quantitative estimate of drug-likeness (QED) is 0.660. The summed E-state index contributed by atoms with van der Waals surface area (Å²) in [6, 6.07) is 11.3. The summed E-state index contributed by atoms with van der Waals surface area (Å²) >= 11 is 0. The van der Waals surface area contributed by atoms with Crippen LogP contribution in [0.25, 0.3) is 0 Å². The lowest BCUT2D eigenvalue weighted by Crippen LogP contribution is -2.46. The Bertz CT molecular complexity index is 842. The number of anilines is 1. The summed E-state index contributed by atoms with van der Waals surface area (Å²) in [6.07, 6.45) is 1.80. The summed E-state index contributed by atoms with van der Waals surface area (Å²) in [5.41, 5.74) is 0.925. The SMILES string of the molecule is O=C(O)c1cccc(Oc2ccc3c(c2)S(O)(O)NC2CCCN32)c1. The van der Waals surface area contributed by atoms with Crippen LogP contribution in [0.3, 0.4) is 0 Å². The number of hydrogen-bond acceptors (Lipinski definition) is 6. The number of ether oxygens (including phenoxy) is 1. The second-order valence-corrected chi connectivity index (χ2v) is 7.86. The van der Waals surface area contributed by atoms with Crippen LogP contribution >= 0.6 is 10.8 Å². The summed E-state index contributed by atoms with van der Waals surface area (Å²) in [7, 11) is -3.10. The number of nitrogens with zero attached hydrogens (tertiary/aromatic N) is 1. The normalized spacial score (nSPS) is 22.0. The Morgan fingerprint density at radius 2 is 2.00 bits per heavy atom. The number of hydrogen-bond donors (Lipinski definition) is 4. The molecule has 1 fully saturated rings. The Hall–Kier alpha value is -2.26. The van der Waals surface area contributed by atoms with Gasteiger partial charge in [-0.2, -0.15) is 4.72 Å². The Balaban J connectivity index is 1.67. The fraction of sp³-hybridized carbons (Fsp3) is 0.235. The van der Waals surface area contributed by atoms with Crippen molar-refractivity contribution in [2.45, 2.75) is 23.9 Å². The van der Waals surface area contributed by atoms with Crippen LogP contribution < -0.4 is 14.4 Å². The molecular weight excluding hydrogens is 344 g/mol. The van der Waals surface area contributed by atoms with Crippen molar-refractivity contribution in [3.8, 4) is 11.5 Å². The van der Waals surface area contributed by atoms with Crippen molar-refractivity contribution in [1.29, 1.82) is 0 Å². The zero-order chi connectivity index (χ0) is 17.6. The topological polar surface area (TPSA) is 102 Å². The highest BCUT2D eigenvalue weighted by Gasteiger charge is 2.38. The van der Waals surface area contributed by atoms with E-state index in [0.717, 1.165) is 25.1 Å². The van der Waals surface area contributed by atoms with E-state index in [4.69, 9.17) is 9.84 Å². The highest BCUT2D eigenvalue weighted by molar-refractivity contribution is 8.22. The number of carboxylic acids is 1. The molecule has 2 heterocycles. The molecule has 132 valence electrons. The number of carbonyl (C=O) groups is 1. The predicted octanol–water partition coefficient (Wildman–Crippen LogP) is 3.73. The molecule has 0 aromatic heterocycles. The molecule has 2 aromatic rings. The summed E-state index contributed by atoms with van der Waals surface area (Å²) in [5, 5.41) is 9.06. The molecule has 0 aliphatic carbocycles. The number of carboxylic acid groups (broad SMARTS) is 1. The minimum Gasteiger partial charge on any atom is -0.478 e. The molecule has 2 aliphatic rings. The second kappa shape index (κ2) is 5.92. The number of fused-ring (bicyclic) bond motifs is 3. The van der Waals surface area contributed by atoms with Crippen molar-refractivity contribution in [3.63, 3.8) is 0 Å². The molecule has 0 bridgehead atoms. The Morgan fingerprint density at radius 1 is 1.20 bits per heavy atom. The second-order valence-electron chi connectivity index (χ2n) is 6.08. The van der Waals surface area contributed by atoms with E-state index >= 15 is 0 Å². The lowest BCUT2D eigenvalue weighted by Gasteiger charge is -2.46. The molecule has 0 spiro atoms. The van der Waals surface area contributed by atoms with Crippen molar-refractivity contribution in [3.05, 3.63) is 48.0 Å².